The predicted octanol–water partition coefficient (Wildman–Crippen LogP) is 8.93. The molecule has 0 amide bonds. The number of ketones is 1. The maximum absolute atomic E-state index is 15.4. The van der Waals surface area contributed by atoms with Crippen molar-refractivity contribution < 1.29 is 97.5 Å². The van der Waals surface area contributed by atoms with E-state index in [1.54, 1.807) is 24.3 Å². The van der Waals surface area contributed by atoms with E-state index in [1.165, 1.54) is 6.07 Å². The third-order valence-corrected chi connectivity index (χ3v) is 11.3. The Morgan fingerprint density at radius 1 is 0.446 bits per heavy atom. The summed E-state index contributed by atoms with van der Waals surface area (Å²) in [5.74, 6) is -71.0. The first kappa shape index (κ1) is 49.4. The van der Waals surface area contributed by atoms with E-state index in [-0.39, 0.29) is 22.4 Å². The van der Waals surface area contributed by atoms with E-state index in [4.69, 9.17) is 0 Å². The van der Waals surface area contributed by atoms with Crippen molar-refractivity contribution in [3.8, 4) is 0 Å². The molecule has 0 aromatic heterocycles. The molecule has 6 aromatic carbocycles. The number of hydrogen-bond donors (Lipinski definition) is 0. The molecule has 0 aliphatic carbocycles. The number of nitro groups is 1. The Morgan fingerprint density at radius 2 is 0.723 bits per heavy atom. The zero-order chi connectivity index (χ0) is 48.9. The standard InChI is InChI=1S/C24BF20.C15H14NO3S/c26-5-1(6(27)14(35)21(42)13(5)34)25(2-7(28)15(36)22(43)16(37)8(2)29,3-9(30)17(38)23(44)18(39)10(3)31)4-11(32)19(40)24(45)20(41)12(4)33;1-20(11-15(17)12-6-3-2-4-7-12)14-9-5-8-13(10-14)16(18)19/h;2-10H,11H2,1H3/q-1;+1. The quantitative estimate of drug-likeness (QED) is 0.0213. The fourth-order valence-corrected chi connectivity index (χ4v) is 8.03. The molecule has 0 spiro atoms. The zero-order valence-electron chi connectivity index (χ0n) is 31.1. The van der Waals surface area contributed by atoms with Gasteiger partial charge in [0.15, 0.2) is 80.5 Å². The number of rotatable bonds is 9. The summed E-state index contributed by atoms with van der Waals surface area (Å²) in [6, 6.07) is 15.6. The average Bonchev–Trinajstić information content (AvgIpc) is 3.29. The summed E-state index contributed by atoms with van der Waals surface area (Å²) in [5, 5.41) is 10.8. The van der Waals surface area contributed by atoms with Gasteiger partial charge in [0.2, 0.25) is 5.78 Å². The van der Waals surface area contributed by atoms with Crippen LogP contribution in [0.4, 0.5) is 93.5 Å². The molecule has 0 bridgehead atoms. The highest BCUT2D eigenvalue weighted by Crippen LogP contribution is 2.31. The van der Waals surface area contributed by atoms with Gasteiger partial charge in [-0.2, -0.15) is 0 Å². The molecule has 0 fully saturated rings. The van der Waals surface area contributed by atoms with Gasteiger partial charge in [0.1, 0.15) is 58.9 Å². The minimum Gasteiger partial charge on any atom is -0.289 e. The summed E-state index contributed by atoms with van der Waals surface area (Å²) in [5.41, 5.74) is -13.6. The van der Waals surface area contributed by atoms with Crippen LogP contribution in [-0.4, -0.2) is 28.9 Å². The molecule has 65 heavy (non-hydrogen) atoms. The van der Waals surface area contributed by atoms with Gasteiger partial charge in [-0.05, 0) is 6.07 Å². The molecule has 0 N–H and O–H groups in total. The minimum atomic E-state index is -7.22. The average molecular weight is 967 g/mol. The molecule has 1 atom stereocenters. The third kappa shape index (κ3) is 8.11. The van der Waals surface area contributed by atoms with Gasteiger partial charge >= 0.3 is 0 Å². The Bertz CT molecular complexity index is 2560. The van der Waals surface area contributed by atoms with Gasteiger partial charge in [-0.3, -0.25) is 14.9 Å². The molecular weight excluding hydrogens is 953 g/mol. The number of benzene rings is 6. The minimum absolute atomic E-state index is 0.0583. The lowest BCUT2D eigenvalue weighted by atomic mass is 9.12. The van der Waals surface area contributed by atoms with Gasteiger partial charge in [0.25, 0.3) is 5.69 Å². The fourth-order valence-electron chi connectivity index (χ4n) is 6.68. The van der Waals surface area contributed by atoms with E-state index in [0.717, 1.165) is 4.90 Å². The van der Waals surface area contributed by atoms with Crippen molar-refractivity contribution in [2.45, 2.75) is 4.90 Å². The van der Waals surface area contributed by atoms with Crippen molar-refractivity contribution in [2.24, 2.45) is 0 Å². The highest BCUT2D eigenvalue weighted by molar-refractivity contribution is 7.96. The Balaban J connectivity index is 0.000000330. The molecule has 6 aromatic rings. The molecule has 0 saturated heterocycles. The lowest BCUT2D eigenvalue weighted by Crippen LogP contribution is -2.81. The lowest BCUT2D eigenvalue weighted by molar-refractivity contribution is -0.385. The van der Waals surface area contributed by atoms with Crippen molar-refractivity contribution in [1.82, 2.24) is 0 Å². The van der Waals surface area contributed by atoms with Crippen LogP contribution >= 0.6 is 0 Å². The molecule has 0 heterocycles. The van der Waals surface area contributed by atoms with E-state index in [9.17, 15) is 67.6 Å². The van der Waals surface area contributed by atoms with Crippen LogP contribution in [0, 0.1) is 126 Å². The summed E-state index contributed by atoms with van der Waals surface area (Å²) in [4.78, 5) is 23.3. The molecule has 0 aliphatic heterocycles. The van der Waals surface area contributed by atoms with Crippen molar-refractivity contribution in [2.75, 3.05) is 12.0 Å². The van der Waals surface area contributed by atoms with E-state index >= 15 is 35.1 Å². The van der Waals surface area contributed by atoms with Crippen molar-refractivity contribution >= 4 is 50.4 Å². The summed E-state index contributed by atoms with van der Waals surface area (Å²) in [6.07, 6.45) is -5.29. The number of nitro benzene ring substituents is 1. The SMILES string of the molecule is C[S+](CC(=O)c1ccccc1)c1cccc([N+](=O)[O-])c1.Fc1c(F)c(F)c([B-](c2c(F)c(F)c(F)c(F)c2F)(c2c(F)c(F)c(F)c(F)c2F)c2c(F)c(F)c(F)c(F)c2F)c(F)c1F. The number of carbonyl (C=O) groups excluding carboxylic acids is 1. The predicted molar refractivity (Wildman–Crippen MR) is 190 cm³/mol. The first-order chi connectivity index (χ1) is 30.3. The maximum Gasteiger partial charge on any atom is 0.274 e. The summed E-state index contributed by atoms with van der Waals surface area (Å²) >= 11 is 0. The molecule has 0 aliphatic rings. The Morgan fingerprint density at radius 3 is 1.00 bits per heavy atom. The van der Waals surface area contributed by atoms with Gasteiger partial charge in [0, 0.05) is 22.5 Å². The van der Waals surface area contributed by atoms with Gasteiger partial charge in [-0.15, -0.1) is 21.9 Å². The highest BCUT2D eigenvalue weighted by atomic mass is 32.2. The Kier molecular flexibility index (Phi) is 14.1. The van der Waals surface area contributed by atoms with Crippen LogP contribution in [0.5, 0.6) is 0 Å². The van der Waals surface area contributed by atoms with Crippen molar-refractivity contribution in [1.29, 1.82) is 0 Å². The first-order valence-corrected chi connectivity index (χ1v) is 18.8. The largest absolute Gasteiger partial charge is 0.289 e. The van der Waals surface area contributed by atoms with Crippen LogP contribution < -0.4 is 21.9 Å². The molecule has 4 nitrogen and oxygen atoms in total. The molecule has 0 radical (unpaired) electrons. The molecular formula is C39H14BF20NO3S. The van der Waals surface area contributed by atoms with E-state index in [1.807, 2.05) is 30.5 Å². The van der Waals surface area contributed by atoms with Crippen LogP contribution in [0.15, 0.2) is 59.5 Å². The van der Waals surface area contributed by atoms with Crippen LogP contribution in [0.25, 0.3) is 0 Å². The lowest BCUT2D eigenvalue weighted by Gasteiger charge is -2.44. The van der Waals surface area contributed by atoms with E-state index < -0.39 is 149 Å². The summed E-state index contributed by atoms with van der Waals surface area (Å²) in [6.45, 7) is 0. The van der Waals surface area contributed by atoms with Crippen LogP contribution in [0.2, 0.25) is 0 Å². The monoisotopic (exact) mass is 967 g/mol. The van der Waals surface area contributed by atoms with Crippen molar-refractivity contribution in [3.05, 3.63) is 187 Å². The third-order valence-electron chi connectivity index (χ3n) is 9.58. The smallest absolute Gasteiger partial charge is 0.274 e. The Labute approximate surface area is 351 Å². The van der Waals surface area contributed by atoms with Crippen LogP contribution in [0.3, 0.4) is 0 Å². The molecule has 1 unspecified atom stereocenters. The van der Waals surface area contributed by atoms with Crippen molar-refractivity contribution in [3.63, 3.8) is 0 Å². The van der Waals surface area contributed by atoms with Crippen LogP contribution in [-0.2, 0) is 10.9 Å². The molecule has 26 heteroatoms. The summed E-state index contributed by atoms with van der Waals surface area (Å²) < 4.78 is 294. The number of non-ortho nitro benzene ring substituents is 1. The molecule has 6 rings (SSSR count). The van der Waals surface area contributed by atoms with E-state index in [0.29, 0.717) is 11.3 Å². The van der Waals surface area contributed by atoms with Gasteiger partial charge in [0.05, 0.1) is 11.0 Å². The second-order valence-electron chi connectivity index (χ2n) is 13.1. The molecule has 0 saturated carbocycles. The number of carbonyl (C=O) groups is 1. The topological polar surface area (TPSA) is 60.2 Å². The van der Waals surface area contributed by atoms with Gasteiger partial charge in [-0.25, -0.2) is 87.8 Å². The highest BCUT2D eigenvalue weighted by Gasteiger charge is 2.52. The fraction of sp³-hybridized carbons (Fsp3) is 0.0513. The number of hydrogen-bond acceptors (Lipinski definition) is 3. The number of halogens is 20. The maximum atomic E-state index is 15.4. The number of Topliss-reactive ketones (excluding diaryl/α,β-unsaturated/α-hetero) is 1. The van der Waals surface area contributed by atoms with Crippen LogP contribution in [0.1, 0.15) is 10.4 Å². The zero-order valence-corrected chi connectivity index (χ0v) is 31.9. The van der Waals surface area contributed by atoms with Gasteiger partial charge in [-0.1, -0.05) is 36.4 Å². The Hall–Kier alpha value is -6.60. The second kappa shape index (κ2) is 18.5. The van der Waals surface area contributed by atoms with E-state index in [2.05, 4.69) is 0 Å². The number of nitrogens with zero attached hydrogens (tertiary/aromatic N) is 1. The second-order valence-corrected chi connectivity index (χ2v) is 15.2. The van der Waals surface area contributed by atoms with Gasteiger partial charge < -0.3 is 0 Å². The normalized spacial score (nSPS) is 12.0. The summed E-state index contributed by atoms with van der Waals surface area (Å²) in [7, 11) is -0.345. The first-order valence-electron chi connectivity index (χ1n) is 17.0. The molecule has 342 valence electrons.